The van der Waals surface area contributed by atoms with Crippen LogP contribution in [0.4, 0.5) is 0 Å². The number of benzene rings is 1. The van der Waals surface area contributed by atoms with Crippen molar-refractivity contribution >= 4 is 10.9 Å². The molecule has 0 saturated heterocycles. The molecule has 1 heterocycles. The predicted molar refractivity (Wildman–Crippen MR) is 51.5 cm³/mol. The molecule has 2 aromatic rings. The second kappa shape index (κ2) is 3.18. The minimum Gasteiger partial charge on any atom is -0.360 e. The van der Waals surface area contributed by atoms with Crippen LogP contribution in [0.2, 0.25) is 0 Å². The first kappa shape index (κ1) is 8.26. The molecule has 3 heteroatoms. The van der Waals surface area contributed by atoms with Crippen LogP contribution in [-0.2, 0) is 6.42 Å². The molecule has 3 nitrogen and oxygen atoms in total. The smallest absolute Gasteiger partial charge is 0.145 e. The fourth-order valence-corrected chi connectivity index (χ4v) is 1.42. The maximum atomic E-state index is 5.45. The summed E-state index contributed by atoms with van der Waals surface area (Å²) in [5.41, 5.74) is 7.57. The molecule has 0 radical (unpaired) electrons. The van der Waals surface area contributed by atoms with Crippen LogP contribution < -0.4 is 5.73 Å². The van der Waals surface area contributed by atoms with E-state index in [-0.39, 0.29) is 0 Å². The SMILES string of the molecule is Cc1ccc2c(CCN)onc2c1. The van der Waals surface area contributed by atoms with E-state index in [2.05, 4.69) is 11.2 Å². The summed E-state index contributed by atoms with van der Waals surface area (Å²) in [4.78, 5) is 0. The molecule has 0 atom stereocenters. The molecule has 0 amide bonds. The number of nitrogens with zero attached hydrogens (tertiary/aromatic N) is 1. The van der Waals surface area contributed by atoms with Gasteiger partial charge in [-0.05, 0) is 31.2 Å². The summed E-state index contributed by atoms with van der Waals surface area (Å²) >= 11 is 0. The maximum absolute atomic E-state index is 5.45. The molecule has 0 bridgehead atoms. The van der Waals surface area contributed by atoms with E-state index in [9.17, 15) is 0 Å². The zero-order chi connectivity index (χ0) is 9.26. The van der Waals surface area contributed by atoms with E-state index in [4.69, 9.17) is 10.3 Å². The normalized spacial score (nSPS) is 10.9. The fourth-order valence-electron chi connectivity index (χ4n) is 1.42. The highest BCUT2D eigenvalue weighted by Crippen LogP contribution is 2.19. The van der Waals surface area contributed by atoms with Gasteiger partial charge in [0.15, 0.2) is 0 Å². The third kappa shape index (κ3) is 1.42. The summed E-state index contributed by atoms with van der Waals surface area (Å²) < 4.78 is 5.18. The number of aromatic nitrogens is 1. The quantitative estimate of drug-likeness (QED) is 0.756. The Morgan fingerprint density at radius 2 is 2.31 bits per heavy atom. The van der Waals surface area contributed by atoms with Gasteiger partial charge in [0.2, 0.25) is 0 Å². The molecule has 0 unspecified atom stereocenters. The monoisotopic (exact) mass is 176 g/mol. The fraction of sp³-hybridized carbons (Fsp3) is 0.300. The first-order valence-electron chi connectivity index (χ1n) is 4.36. The molecule has 0 aliphatic rings. The molecule has 1 aromatic heterocycles. The van der Waals surface area contributed by atoms with Crippen LogP contribution in [0.15, 0.2) is 22.7 Å². The Morgan fingerprint density at radius 3 is 3.08 bits per heavy atom. The number of hydrogen-bond donors (Lipinski definition) is 1. The van der Waals surface area contributed by atoms with Crippen molar-refractivity contribution in [2.45, 2.75) is 13.3 Å². The number of hydrogen-bond acceptors (Lipinski definition) is 3. The van der Waals surface area contributed by atoms with E-state index in [1.54, 1.807) is 0 Å². The third-order valence-electron chi connectivity index (χ3n) is 2.08. The van der Waals surface area contributed by atoms with Crippen molar-refractivity contribution in [1.29, 1.82) is 0 Å². The van der Waals surface area contributed by atoms with Crippen molar-refractivity contribution in [3.8, 4) is 0 Å². The van der Waals surface area contributed by atoms with Crippen LogP contribution in [0.25, 0.3) is 10.9 Å². The first-order chi connectivity index (χ1) is 6.31. The van der Waals surface area contributed by atoms with E-state index in [1.807, 2.05) is 19.1 Å². The average Bonchev–Trinajstić information content (AvgIpc) is 2.49. The molecule has 0 saturated carbocycles. The van der Waals surface area contributed by atoms with E-state index >= 15 is 0 Å². The molecule has 1 aromatic carbocycles. The molecular formula is C10H12N2O. The van der Waals surface area contributed by atoms with Crippen molar-refractivity contribution < 1.29 is 4.52 Å². The van der Waals surface area contributed by atoms with Gasteiger partial charge in [-0.1, -0.05) is 11.2 Å². The minimum absolute atomic E-state index is 0.595. The highest BCUT2D eigenvalue weighted by Gasteiger charge is 2.06. The second-order valence-electron chi connectivity index (χ2n) is 3.17. The topological polar surface area (TPSA) is 52.0 Å². The van der Waals surface area contributed by atoms with E-state index in [0.717, 1.165) is 23.1 Å². The Morgan fingerprint density at radius 1 is 1.46 bits per heavy atom. The average molecular weight is 176 g/mol. The molecule has 0 fully saturated rings. The van der Waals surface area contributed by atoms with Crippen LogP contribution in [0.3, 0.4) is 0 Å². The van der Waals surface area contributed by atoms with Crippen LogP contribution in [0.5, 0.6) is 0 Å². The largest absolute Gasteiger partial charge is 0.360 e. The Balaban J connectivity index is 2.55. The summed E-state index contributed by atoms with van der Waals surface area (Å²) in [6.45, 7) is 2.63. The minimum atomic E-state index is 0.595. The van der Waals surface area contributed by atoms with Crippen LogP contribution in [0.1, 0.15) is 11.3 Å². The molecule has 2 rings (SSSR count). The Labute approximate surface area is 76.5 Å². The molecule has 2 N–H and O–H groups in total. The number of rotatable bonds is 2. The lowest BCUT2D eigenvalue weighted by molar-refractivity contribution is 0.392. The van der Waals surface area contributed by atoms with Gasteiger partial charge in [-0.25, -0.2) is 0 Å². The van der Waals surface area contributed by atoms with Gasteiger partial charge < -0.3 is 10.3 Å². The predicted octanol–water partition coefficient (Wildman–Crippen LogP) is 1.64. The van der Waals surface area contributed by atoms with E-state index in [1.165, 1.54) is 5.56 Å². The van der Waals surface area contributed by atoms with E-state index < -0.39 is 0 Å². The number of fused-ring (bicyclic) bond motifs is 1. The van der Waals surface area contributed by atoms with Gasteiger partial charge in [0, 0.05) is 11.8 Å². The van der Waals surface area contributed by atoms with E-state index in [0.29, 0.717) is 6.54 Å². The van der Waals surface area contributed by atoms with Crippen molar-refractivity contribution in [3.05, 3.63) is 29.5 Å². The van der Waals surface area contributed by atoms with Crippen molar-refractivity contribution in [2.75, 3.05) is 6.54 Å². The van der Waals surface area contributed by atoms with Crippen LogP contribution in [-0.4, -0.2) is 11.7 Å². The number of aryl methyl sites for hydroxylation is 1. The summed E-state index contributed by atoms with van der Waals surface area (Å²) in [7, 11) is 0. The molecule has 0 aliphatic carbocycles. The zero-order valence-electron chi connectivity index (χ0n) is 7.58. The Hall–Kier alpha value is -1.35. The molecule has 0 spiro atoms. The van der Waals surface area contributed by atoms with Crippen LogP contribution in [0, 0.1) is 6.92 Å². The lowest BCUT2D eigenvalue weighted by Gasteiger charge is -1.92. The van der Waals surface area contributed by atoms with Gasteiger partial charge in [0.05, 0.1) is 0 Å². The lowest BCUT2D eigenvalue weighted by Crippen LogP contribution is -2.01. The van der Waals surface area contributed by atoms with Gasteiger partial charge in [-0.3, -0.25) is 0 Å². The Bertz CT molecular complexity index is 420. The zero-order valence-corrected chi connectivity index (χ0v) is 7.58. The molecule has 0 aliphatic heterocycles. The standard InChI is InChI=1S/C10H12N2O/c1-7-2-3-8-9(6-7)12-13-10(8)4-5-11/h2-3,6H,4-5,11H2,1H3. The maximum Gasteiger partial charge on any atom is 0.145 e. The summed E-state index contributed by atoms with van der Waals surface area (Å²) in [5.74, 6) is 0.887. The highest BCUT2D eigenvalue weighted by atomic mass is 16.5. The van der Waals surface area contributed by atoms with Crippen molar-refractivity contribution in [2.24, 2.45) is 5.73 Å². The van der Waals surface area contributed by atoms with Gasteiger partial charge in [-0.2, -0.15) is 0 Å². The highest BCUT2D eigenvalue weighted by molar-refractivity contribution is 5.81. The van der Waals surface area contributed by atoms with Crippen LogP contribution >= 0.6 is 0 Å². The van der Waals surface area contributed by atoms with Gasteiger partial charge in [0.25, 0.3) is 0 Å². The summed E-state index contributed by atoms with van der Waals surface area (Å²) in [6.07, 6.45) is 0.750. The van der Waals surface area contributed by atoms with Crippen molar-refractivity contribution in [1.82, 2.24) is 5.16 Å². The first-order valence-corrected chi connectivity index (χ1v) is 4.36. The van der Waals surface area contributed by atoms with Gasteiger partial charge in [0.1, 0.15) is 11.3 Å². The van der Waals surface area contributed by atoms with Gasteiger partial charge in [-0.15, -0.1) is 0 Å². The number of nitrogens with two attached hydrogens (primary N) is 1. The molecule has 13 heavy (non-hydrogen) atoms. The second-order valence-corrected chi connectivity index (χ2v) is 3.17. The molecule has 68 valence electrons. The summed E-state index contributed by atoms with van der Waals surface area (Å²) in [6, 6.07) is 6.10. The summed E-state index contributed by atoms with van der Waals surface area (Å²) in [5, 5.41) is 5.05. The van der Waals surface area contributed by atoms with Gasteiger partial charge >= 0.3 is 0 Å². The third-order valence-corrected chi connectivity index (χ3v) is 2.08. The van der Waals surface area contributed by atoms with Crippen molar-refractivity contribution in [3.63, 3.8) is 0 Å². The lowest BCUT2D eigenvalue weighted by atomic mass is 10.1. The molecular weight excluding hydrogens is 164 g/mol. The Kier molecular flexibility index (Phi) is 2.02.